The number of hydrazine groups is 1. The standard InChI is InChI=1S/C30H32FN7O2/c1-30(2,3)15-19(16-32)29(39)37-13-7-8-20(37)17-38-28-25(27(33)34-18-35-28)26(36-38)23-12-11-22(14-24(23)31)40-21-9-5-4-6-10-21/h4-6,9-12,14-15,18,20,26,36H,7-8,13,17H2,1-3H3,(H2,33,34,35)/b19-15+. The number of nitrogens with two attached hydrogens (primary N) is 1. The number of amides is 1. The van der Waals surface area contributed by atoms with Crippen LogP contribution in [0, 0.1) is 22.6 Å². The number of aromatic nitrogens is 2. The predicted molar refractivity (Wildman–Crippen MR) is 150 cm³/mol. The van der Waals surface area contributed by atoms with Crippen molar-refractivity contribution in [2.45, 2.75) is 45.7 Å². The maximum atomic E-state index is 15.5. The van der Waals surface area contributed by atoms with E-state index < -0.39 is 11.9 Å². The average molecular weight is 542 g/mol. The number of likely N-dealkylation sites (tertiary alicyclic amines) is 1. The summed E-state index contributed by atoms with van der Waals surface area (Å²) in [7, 11) is 0. The number of anilines is 2. The first-order valence-electron chi connectivity index (χ1n) is 13.2. The van der Waals surface area contributed by atoms with Crippen molar-refractivity contribution in [3.8, 4) is 17.6 Å². The fourth-order valence-electron chi connectivity index (χ4n) is 5.20. The molecule has 206 valence electrons. The number of rotatable bonds is 6. The van der Waals surface area contributed by atoms with Crippen LogP contribution in [0.1, 0.15) is 50.8 Å². The first kappa shape index (κ1) is 27.1. The highest BCUT2D eigenvalue weighted by Gasteiger charge is 2.39. The number of halogens is 1. The number of carbonyl (C=O) groups excluding carboxylic acids is 1. The van der Waals surface area contributed by atoms with Gasteiger partial charge in [-0.15, -0.1) is 0 Å². The number of benzene rings is 2. The third-order valence-corrected chi connectivity index (χ3v) is 6.94. The Balaban J connectivity index is 1.39. The first-order valence-corrected chi connectivity index (χ1v) is 13.2. The molecule has 40 heavy (non-hydrogen) atoms. The van der Waals surface area contributed by atoms with Crippen molar-refractivity contribution in [2.24, 2.45) is 5.41 Å². The SMILES string of the molecule is CC(C)(C)/C=C(\C#N)C(=O)N1CCCC1CN1NC(c2ccc(Oc3ccccc3)cc2F)c2c(N)ncnc21. The van der Waals surface area contributed by atoms with Crippen LogP contribution in [0.4, 0.5) is 16.0 Å². The van der Waals surface area contributed by atoms with E-state index in [1.54, 1.807) is 35.2 Å². The zero-order valence-electron chi connectivity index (χ0n) is 22.8. The molecule has 1 fully saturated rings. The molecule has 9 nitrogen and oxygen atoms in total. The molecule has 2 aliphatic heterocycles. The summed E-state index contributed by atoms with van der Waals surface area (Å²) in [4.78, 5) is 23.7. The van der Waals surface area contributed by atoms with Gasteiger partial charge >= 0.3 is 0 Å². The lowest BCUT2D eigenvalue weighted by molar-refractivity contribution is -0.127. The highest BCUT2D eigenvalue weighted by atomic mass is 19.1. The second-order valence-corrected chi connectivity index (χ2v) is 11.1. The fourth-order valence-corrected chi connectivity index (χ4v) is 5.20. The quantitative estimate of drug-likeness (QED) is 0.334. The Hall–Kier alpha value is -4.49. The van der Waals surface area contributed by atoms with Crippen molar-refractivity contribution < 1.29 is 13.9 Å². The molecule has 0 aliphatic carbocycles. The normalized spacial score (nSPS) is 18.9. The van der Waals surface area contributed by atoms with Crippen molar-refractivity contribution in [3.05, 3.63) is 83.5 Å². The Kier molecular flexibility index (Phi) is 7.41. The number of nitrogens with one attached hydrogen (secondary N) is 1. The summed E-state index contributed by atoms with van der Waals surface area (Å²) >= 11 is 0. The van der Waals surface area contributed by atoms with Gasteiger partial charge in [-0.25, -0.2) is 19.8 Å². The summed E-state index contributed by atoms with van der Waals surface area (Å²) in [6.45, 7) is 6.80. The van der Waals surface area contributed by atoms with E-state index in [-0.39, 0.29) is 28.8 Å². The molecule has 1 amide bonds. The van der Waals surface area contributed by atoms with Gasteiger partial charge in [-0.3, -0.25) is 9.80 Å². The molecule has 1 aromatic heterocycles. The maximum absolute atomic E-state index is 15.5. The van der Waals surface area contributed by atoms with Gasteiger partial charge in [0.2, 0.25) is 0 Å². The van der Waals surface area contributed by atoms with Crippen LogP contribution in [-0.2, 0) is 4.79 Å². The number of carbonyl (C=O) groups is 1. The molecule has 10 heteroatoms. The van der Waals surface area contributed by atoms with Crippen LogP contribution in [-0.4, -0.2) is 39.9 Å². The summed E-state index contributed by atoms with van der Waals surface area (Å²) in [5.41, 5.74) is 10.4. The molecule has 3 heterocycles. The van der Waals surface area contributed by atoms with Gasteiger partial charge in [-0.05, 0) is 36.5 Å². The zero-order valence-corrected chi connectivity index (χ0v) is 22.8. The van der Waals surface area contributed by atoms with Crippen molar-refractivity contribution >= 4 is 17.5 Å². The molecule has 2 atom stereocenters. The third kappa shape index (κ3) is 5.60. The van der Waals surface area contributed by atoms with Crippen LogP contribution < -0.4 is 20.9 Å². The van der Waals surface area contributed by atoms with E-state index in [9.17, 15) is 10.1 Å². The molecule has 2 unspecified atom stereocenters. The molecule has 0 saturated carbocycles. The van der Waals surface area contributed by atoms with Crippen molar-refractivity contribution in [3.63, 3.8) is 0 Å². The van der Waals surface area contributed by atoms with Gasteiger partial charge in [-0.2, -0.15) is 5.26 Å². The van der Waals surface area contributed by atoms with Gasteiger partial charge in [0.15, 0.2) is 5.82 Å². The Morgan fingerprint density at radius 1 is 1.23 bits per heavy atom. The maximum Gasteiger partial charge on any atom is 0.264 e. The number of nitrogens with zero attached hydrogens (tertiary/aromatic N) is 5. The largest absolute Gasteiger partial charge is 0.457 e. The van der Waals surface area contributed by atoms with E-state index in [1.165, 1.54) is 12.4 Å². The Labute approximate surface area is 233 Å². The molecule has 2 aliphatic rings. The summed E-state index contributed by atoms with van der Waals surface area (Å²) in [6, 6.07) is 15.1. The van der Waals surface area contributed by atoms with Gasteiger partial charge in [0.05, 0.1) is 24.2 Å². The van der Waals surface area contributed by atoms with E-state index in [0.717, 1.165) is 12.8 Å². The molecular weight excluding hydrogens is 509 g/mol. The number of nitriles is 1. The van der Waals surface area contributed by atoms with Crippen LogP contribution in [0.2, 0.25) is 0 Å². The Morgan fingerprint density at radius 3 is 2.70 bits per heavy atom. The number of nitrogen functional groups attached to an aromatic ring is 1. The molecule has 2 aromatic carbocycles. The molecule has 0 radical (unpaired) electrons. The predicted octanol–water partition coefficient (Wildman–Crippen LogP) is 4.89. The van der Waals surface area contributed by atoms with E-state index in [4.69, 9.17) is 10.5 Å². The Bertz CT molecular complexity index is 1480. The number of fused-ring (bicyclic) bond motifs is 1. The van der Waals surface area contributed by atoms with E-state index >= 15 is 4.39 Å². The average Bonchev–Trinajstić information content (AvgIpc) is 3.53. The lowest BCUT2D eigenvalue weighted by Crippen LogP contribution is -2.47. The van der Waals surface area contributed by atoms with Gasteiger partial charge in [0, 0.05) is 18.2 Å². The number of allylic oxidation sites excluding steroid dienone is 1. The van der Waals surface area contributed by atoms with Gasteiger partial charge < -0.3 is 15.4 Å². The van der Waals surface area contributed by atoms with Crippen molar-refractivity contribution in [2.75, 3.05) is 23.8 Å². The smallest absolute Gasteiger partial charge is 0.264 e. The van der Waals surface area contributed by atoms with Crippen LogP contribution in [0.3, 0.4) is 0 Å². The first-order chi connectivity index (χ1) is 19.1. The molecule has 3 N–H and O–H groups in total. The molecule has 5 rings (SSSR count). The highest BCUT2D eigenvalue weighted by molar-refractivity contribution is 5.97. The Morgan fingerprint density at radius 2 is 2.00 bits per heavy atom. The summed E-state index contributed by atoms with van der Waals surface area (Å²) in [6.07, 6.45) is 4.67. The topological polar surface area (TPSA) is 120 Å². The van der Waals surface area contributed by atoms with Gasteiger partial charge in [-0.1, -0.05) is 51.1 Å². The van der Waals surface area contributed by atoms with Crippen molar-refractivity contribution in [1.82, 2.24) is 20.3 Å². The molecule has 0 spiro atoms. The second-order valence-electron chi connectivity index (χ2n) is 11.1. The van der Waals surface area contributed by atoms with Gasteiger partial charge in [0.1, 0.15) is 41.1 Å². The third-order valence-electron chi connectivity index (χ3n) is 6.94. The lowest BCUT2D eigenvalue weighted by Gasteiger charge is -2.30. The van der Waals surface area contributed by atoms with Crippen LogP contribution >= 0.6 is 0 Å². The number of ether oxygens (including phenoxy) is 1. The van der Waals surface area contributed by atoms with Crippen molar-refractivity contribution in [1.29, 1.82) is 5.26 Å². The molecule has 1 saturated heterocycles. The minimum absolute atomic E-state index is 0.138. The van der Waals surface area contributed by atoms with Gasteiger partial charge in [0.25, 0.3) is 5.91 Å². The minimum Gasteiger partial charge on any atom is -0.457 e. The van der Waals surface area contributed by atoms with E-state index in [2.05, 4.69) is 21.5 Å². The number of hydrogen-bond acceptors (Lipinski definition) is 8. The summed E-state index contributed by atoms with van der Waals surface area (Å²) in [5.74, 6) is 1.01. The summed E-state index contributed by atoms with van der Waals surface area (Å²) < 4.78 is 21.3. The zero-order chi connectivity index (χ0) is 28.4. The lowest BCUT2D eigenvalue weighted by atomic mass is 9.93. The van der Waals surface area contributed by atoms with E-state index in [1.807, 2.05) is 44.0 Å². The number of hydrogen-bond donors (Lipinski definition) is 2. The monoisotopic (exact) mass is 541 g/mol. The minimum atomic E-state index is -0.636. The highest BCUT2D eigenvalue weighted by Crippen LogP contribution is 2.40. The fraction of sp³-hybridized carbons (Fsp3) is 0.333. The molecular formula is C30H32FN7O2. The van der Waals surface area contributed by atoms with Crippen LogP contribution in [0.15, 0.2) is 66.5 Å². The van der Waals surface area contributed by atoms with E-state index in [0.29, 0.717) is 41.5 Å². The van der Waals surface area contributed by atoms with Crippen LogP contribution in [0.25, 0.3) is 0 Å². The molecule has 3 aromatic rings. The molecule has 0 bridgehead atoms. The second kappa shape index (κ2) is 10.9. The number of para-hydroxylation sites is 1. The van der Waals surface area contributed by atoms with Crippen LogP contribution in [0.5, 0.6) is 11.5 Å². The summed E-state index contributed by atoms with van der Waals surface area (Å²) in [5, 5.41) is 11.5.